The zero-order valence-electron chi connectivity index (χ0n) is 20.4. The van der Waals surface area contributed by atoms with Crippen molar-refractivity contribution in [2.24, 2.45) is 0 Å². The van der Waals surface area contributed by atoms with Crippen molar-refractivity contribution in [2.45, 2.75) is 46.3 Å². The number of carbonyl (C=O) groups is 2. The molecule has 0 radical (unpaired) electrons. The van der Waals surface area contributed by atoms with Crippen molar-refractivity contribution in [3.63, 3.8) is 0 Å². The van der Waals surface area contributed by atoms with Gasteiger partial charge in [0.15, 0.2) is 0 Å². The van der Waals surface area contributed by atoms with Crippen LogP contribution >= 0.6 is 0 Å². The number of benzene rings is 1. The molecule has 1 fully saturated rings. The minimum Gasteiger partial charge on any atom is -0.459 e. The van der Waals surface area contributed by atoms with Crippen molar-refractivity contribution in [1.29, 1.82) is 0 Å². The number of amides is 1. The van der Waals surface area contributed by atoms with Crippen molar-refractivity contribution in [1.82, 2.24) is 14.7 Å². The van der Waals surface area contributed by atoms with Gasteiger partial charge in [-0.1, -0.05) is 0 Å². The van der Waals surface area contributed by atoms with Gasteiger partial charge >= 0.3 is 5.97 Å². The highest BCUT2D eigenvalue weighted by Crippen LogP contribution is 2.19. The number of rotatable bonds is 8. The molecule has 174 valence electrons. The molecule has 7 nitrogen and oxygen atoms in total. The molecule has 1 aliphatic rings. The normalized spacial score (nSPS) is 15.5. The molecule has 1 aromatic carbocycles. The molecule has 1 aromatic rings. The second-order valence-electron chi connectivity index (χ2n) is 9.78. The Kier molecular flexibility index (Phi) is 8.89. The molecule has 0 aliphatic carbocycles. The maximum absolute atomic E-state index is 13.1. The van der Waals surface area contributed by atoms with Crippen LogP contribution in [0.15, 0.2) is 24.3 Å². The van der Waals surface area contributed by atoms with Gasteiger partial charge in [0.05, 0.1) is 0 Å². The number of likely N-dealkylation sites (N-methyl/N-ethyl adjacent to an activating group) is 1. The summed E-state index contributed by atoms with van der Waals surface area (Å²) in [6, 6.07) is 8.32. The number of hydrogen-bond acceptors (Lipinski definition) is 6. The minimum absolute atomic E-state index is 0.0527. The summed E-state index contributed by atoms with van der Waals surface area (Å²) in [5, 5.41) is 0. The summed E-state index contributed by atoms with van der Waals surface area (Å²) in [6.07, 6.45) is 0. The summed E-state index contributed by atoms with van der Waals surface area (Å²) in [5.41, 5.74) is 1.15. The maximum Gasteiger partial charge on any atom is 0.326 e. The standard InChI is InChI=1S/C24H40N4O3/c1-19(2)26-14-16-27(17-15-26)21-10-8-20(9-11-21)23(30)28(13-12-25(6)7)18-22(29)31-24(3,4)5/h8-11,19H,12-18H2,1-7H3. The van der Waals surface area contributed by atoms with Gasteiger partial charge in [0.2, 0.25) is 0 Å². The molecule has 1 aliphatic heterocycles. The zero-order valence-corrected chi connectivity index (χ0v) is 20.4. The van der Waals surface area contributed by atoms with Crippen LogP contribution in [0.2, 0.25) is 0 Å². The highest BCUT2D eigenvalue weighted by atomic mass is 16.6. The van der Waals surface area contributed by atoms with E-state index in [1.165, 1.54) is 0 Å². The van der Waals surface area contributed by atoms with Crippen molar-refractivity contribution in [2.75, 3.05) is 64.8 Å². The fraction of sp³-hybridized carbons (Fsp3) is 0.667. The molecule has 1 heterocycles. The van der Waals surface area contributed by atoms with Gasteiger partial charge in [0, 0.05) is 56.6 Å². The Labute approximate surface area is 187 Å². The van der Waals surface area contributed by atoms with Gasteiger partial charge in [-0.25, -0.2) is 0 Å². The Balaban J connectivity index is 2.05. The third-order valence-corrected chi connectivity index (χ3v) is 5.37. The molecular formula is C24H40N4O3. The largest absolute Gasteiger partial charge is 0.459 e. The first-order valence-electron chi connectivity index (χ1n) is 11.2. The van der Waals surface area contributed by atoms with Gasteiger partial charge < -0.3 is 19.4 Å². The lowest BCUT2D eigenvalue weighted by molar-refractivity contribution is -0.155. The van der Waals surface area contributed by atoms with Gasteiger partial charge in [-0.2, -0.15) is 0 Å². The number of anilines is 1. The summed E-state index contributed by atoms with van der Waals surface area (Å²) in [7, 11) is 3.90. The molecule has 31 heavy (non-hydrogen) atoms. The highest BCUT2D eigenvalue weighted by Gasteiger charge is 2.24. The van der Waals surface area contributed by atoms with Gasteiger partial charge in [0.25, 0.3) is 5.91 Å². The Morgan fingerprint density at radius 2 is 1.58 bits per heavy atom. The van der Waals surface area contributed by atoms with Crippen LogP contribution in [0.5, 0.6) is 0 Å². The van der Waals surface area contributed by atoms with Crippen LogP contribution in [-0.4, -0.2) is 98.1 Å². The van der Waals surface area contributed by atoms with Gasteiger partial charge in [0.1, 0.15) is 12.1 Å². The van der Waals surface area contributed by atoms with Gasteiger partial charge in [-0.15, -0.1) is 0 Å². The quantitative estimate of drug-likeness (QED) is 0.589. The van der Waals surface area contributed by atoms with Crippen LogP contribution < -0.4 is 4.90 Å². The third kappa shape index (κ3) is 8.15. The number of piperazine rings is 1. The molecule has 0 unspecified atom stereocenters. The molecular weight excluding hydrogens is 392 g/mol. The lowest BCUT2D eigenvalue weighted by Gasteiger charge is -2.38. The monoisotopic (exact) mass is 432 g/mol. The average Bonchev–Trinajstić information content (AvgIpc) is 2.69. The van der Waals surface area contributed by atoms with E-state index in [9.17, 15) is 9.59 Å². The van der Waals surface area contributed by atoms with E-state index in [1.807, 2.05) is 64.0 Å². The van der Waals surface area contributed by atoms with Crippen LogP contribution in [0.4, 0.5) is 5.69 Å². The van der Waals surface area contributed by atoms with E-state index in [-0.39, 0.29) is 18.4 Å². The Bertz CT molecular complexity index is 717. The van der Waals surface area contributed by atoms with Crippen LogP contribution in [0.25, 0.3) is 0 Å². The lowest BCUT2D eigenvalue weighted by atomic mass is 10.1. The van der Waals surface area contributed by atoms with Crippen LogP contribution in [-0.2, 0) is 9.53 Å². The highest BCUT2D eigenvalue weighted by molar-refractivity contribution is 5.96. The first-order valence-corrected chi connectivity index (χ1v) is 11.2. The first-order chi connectivity index (χ1) is 14.5. The summed E-state index contributed by atoms with van der Waals surface area (Å²) in [4.78, 5) is 33.9. The van der Waals surface area contributed by atoms with Crippen molar-refractivity contribution in [3.8, 4) is 0 Å². The number of carbonyl (C=O) groups excluding carboxylic acids is 2. The SMILES string of the molecule is CC(C)N1CCN(c2ccc(C(=O)N(CCN(C)C)CC(=O)OC(C)(C)C)cc2)CC1. The van der Waals surface area contributed by atoms with E-state index in [2.05, 4.69) is 23.6 Å². The molecule has 0 N–H and O–H groups in total. The number of ether oxygens (including phenoxy) is 1. The van der Waals surface area contributed by atoms with Gasteiger partial charge in [-0.05, 0) is 73.0 Å². The molecule has 2 rings (SSSR count). The molecule has 1 amide bonds. The molecule has 0 bridgehead atoms. The molecule has 1 saturated heterocycles. The summed E-state index contributed by atoms with van der Waals surface area (Å²) < 4.78 is 5.43. The smallest absolute Gasteiger partial charge is 0.326 e. The predicted molar refractivity (Wildman–Crippen MR) is 126 cm³/mol. The summed E-state index contributed by atoms with van der Waals surface area (Å²) >= 11 is 0. The van der Waals surface area contributed by atoms with E-state index >= 15 is 0 Å². The number of esters is 1. The summed E-state index contributed by atoms with van der Waals surface area (Å²) in [5.74, 6) is -0.539. The van der Waals surface area contributed by atoms with Crippen molar-refractivity contribution >= 4 is 17.6 Å². The fourth-order valence-corrected chi connectivity index (χ4v) is 3.60. The lowest BCUT2D eigenvalue weighted by Crippen LogP contribution is -2.48. The average molecular weight is 433 g/mol. The van der Waals surface area contributed by atoms with Crippen molar-refractivity contribution in [3.05, 3.63) is 29.8 Å². The van der Waals surface area contributed by atoms with E-state index in [0.717, 1.165) is 31.9 Å². The molecule has 7 heteroatoms. The van der Waals surface area contributed by atoms with E-state index in [1.54, 1.807) is 4.90 Å². The van der Waals surface area contributed by atoms with E-state index < -0.39 is 5.60 Å². The number of hydrogen-bond donors (Lipinski definition) is 0. The molecule has 0 saturated carbocycles. The topological polar surface area (TPSA) is 56.3 Å². The fourth-order valence-electron chi connectivity index (χ4n) is 3.60. The van der Waals surface area contributed by atoms with Gasteiger partial charge in [-0.3, -0.25) is 14.5 Å². The van der Waals surface area contributed by atoms with Crippen molar-refractivity contribution < 1.29 is 14.3 Å². The van der Waals surface area contributed by atoms with E-state index in [0.29, 0.717) is 24.7 Å². The maximum atomic E-state index is 13.1. The Morgan fingerprint density at radius 3 is 2.06 bits per heavy atom. The van der Waals surface area contributed by atoms with Crippen LogP contribution in [0, 0.1) is 0 Å². The predicted octanol–water partition coefficient (Wildman–Crippen LogP) is 2.56. The molecule has 0 atom stereocenters. The van der Waals surface area contributed by atoms with Crippen LogP contribution in [0.3, 0.4) is 0 Å². The molecule has 0 spiro atoms. The third-order valence-electron chi connectivity index (χ3n) is 5.37. The first kappa shape index (κ1) is 25.1. The van der Waals surface area contributed by atoms with Crippen LogP contribution in [0.1, 0.15) is 45.0 Å². The second-order valence-corrected chi connectivity index (χ2v) is 9.78. The Morgan fingerprint density at radius 1 is 1.00 bits per heavy atom. The minimum atomic E-state index is -0.575. The molecule has 0 aromatic heterocycles. The second kappa shape index (κ2) is 11.0. The number of nitrogens with zero attached hydrogens (tertiary/aromatic N) is 4. The van der Waals surface area contributed by atoms with E-state index in [4.69, 9.17) is 4.74 Å². The zero-order chi connectivity index (χ0) is 23.2. The Hall–Kier alpha value is -2.12. The summed E-state index contributed by atoms with van der Waals surface area (Å²) in [6.45, 7) is 15.1.